The second-order valence-electron chi connectivity index (χ2n) is 8.86. The number of imide groups is 1. The van der Waals surface area contributed by atoms with E-state index >= 15 is 0 Å². The quantitative estimate of drug-likeness (QED) is 0.388. The lowest BCUT2D eigenvalue weighted by Gasteiger charge is -2.20. The van der Waals surface area contributed by atoms with Gasteiger partial charge in [-0.3, -0.25) is 9.69 Å². The third-order valence-corrected chi connectivity index (χ3v) is 6.80. The number of rotatable bonds is 6. The summed E-state index contributed by atoms with van der Waals surface area (Å²) in [4.78, 5) is 62.1. The molecule has 0 spiro atoms. The Morgan fingerprint density at radius 3 is 2.20 bits per heavy atom. The Balaban J connectivity index is 0. The summed E-state index contributed by atoms with van der Waals surface area (Å²) in [7, 11) is -1.10. The van der Waals surface area contributed by atoms with E-state index < -0.39 is 14.1 Å². The molecular weight excluding hydrogens is 468 g/mol. The number of hydrogen-bond acceptors (Lipinski definition) is 6. The van der Waals surface area contributed by atoms with Gasteiger partial charge < -0.3 is 30.3 Å². The Bertz CT molecular complexity index is 796. The molecule has 196 valence electrons. The van der Waals surface area contributed by atoms with E-state index in [1.807, 2.05) is 33.4 Å². The first kappa shape index (κ1) is 33.8. The molecule has 0 atom stereocenters. The number of urea groups is 2. The van der Waals surface area contributed by atoms with Crippen LogP contribution in [-0.2, 0) is 19.2 Å². The Kier molecular flexibility index (Phi) is 18.4. The number of nitrogens with one attached hydrogen (secondary N) is 3. The average Bonchev–Trinajstić information content (AvgIpc) is 3.06. The fraction of sp³-hybridized carbons (Fsp3) is 0.500. The van der Waals surface area contributed by atoms with Crippen molar-refractivity contribution in [1.82, 2.24) is 10.2 Å². The highest BCUT2D eigenvalue weighted by molar-refractivity contribution is 6.76. The lowest BCUT2D eigenvalue weighted by molar-refractivity contribution is -0.127. The van der Waals surface area contributed by atoms with Crippen LogP contribution in [0, 0.1) is 6.92 Å². The number of amides is 5. The smallest absolute Gasteiger partial charge is 0.328 e. The zero-order valence-corrected chi connectivity index (χ0v) is 22.4. The summed E-state index contributed by atoms with van der Waals surface area (Å²) >= 11 is 0. The van der Waals surface area contributed by atoms with Crippen molar-refractivity contribution in [3.63, 3.8) is 0 Å². The molecule has 1 aromatic rings. The minimum absolute atomic E-state index is 0.136. The van der Waals surface area contributed by atoms with Gasteiger partial charge in [-0.2, -0.15) is 0 Å². The molecular formula is C24H40N4O6Si. The zero-order chi connectivity index (χ0) is 27.4. The van der Waals surface area contributed by atoms with Crippen LogP contribution in [0.4, 0.5) is 21.0 Å². The molecule has 1 fully saturated rings. The lowest BCUT2D eigenvalue weighted by Crippen LogP contribution is -2.39. The molecule has 0 saturated carbocycles. The van der Waals surface area contributed by atoms with Crippen molar-refractivity contribution in [2.75, 3.05) is 23.7 Å². The maximum absolute atomic E-state index is 12.5. The summed E-state index contributed by atoms with van der Waals surface area (Å²) in [6.07, 6.45) is 4.00. The third kappa shape index (κ3) is 14.5. The standard InChI is InChI=1S/C21H34N4O3Si.3CH2O/c1-16-10-11-17(23-21(28)25-13-7-5-6-9-19(25)26)15-18(16)24-20(27)22-12-8-14-29(2,3)4;3*1-2/h10-11,15H,5-9,12-14H2,1-4H3,(H,23,28)(H2,22,24,27);3*1H2. The van der Waals surface area contributed by atoms with Gasteiger partial charge in [0.1, 0.15) is 20.4 Å². The van der Waals surface area contributed by atoms with E-state index in [-0.39, 0.29) is 11.9 Å². The van der Waals surface area contributed by atoms with E-state index in [1.54, 1.807) is 12.1 Å². The van der Waals surface area contributed by atoms with Crippen LogP contribution in [0.2, 0.25) is 25.7 Å². The van der Waals surface area contributed by atoms with E-state index in [0.29, 0.717) is 30.9 Å². The Morgan fingerprint density at radius 2 is 1.60 bits per heavy atom. The molecule has 1 aliphatic rings. The second-order valence-corrected chi connectivity index (χ2v) is 14.5. The molecule has 1 aliphatic heterocycles. The van der Waals surface area contributed by atoms with E-state index in [0.717, 1.165) is 31.2 Å². The molecule has 2 rings (SSSR count). The van der Waals surface area contributed by atoms with Gasteiger partial charge in [0.15, 0.2) is 0 Å². The molecule has 1 aromatic carbocycles. The molecule has 1 saturated heterocycles. The summed E-state index contributed by atoms with van der Waals surface area (Å²) in [6, 6.07) is 5.82. The van der Waals surface area contributed by atoms with Crippen molar-refractivity contribution in [2.45, 2.75) is 64.7 Å². The lowest BCUT2D eigenvalue weighted by atomic mass is 10.2. The number of benzene rings is 1. The summed E-state index contributed by atoms with van der Waals surface area (Å²) in [5, 5.41) is 8.52. The summed E-state index contributed by atoms with van der Waals surface area (Å²) in [5.74, 6) is -0.136. The highest BCUT2D eigenvalue weighted by atomic mass is 28.3. The van der Waals surface area contributed by atoms with Gasteiger partial charge in [0.25, 0.3) is 0 Å². The van der Waals surface area contributed by atoms with Crippen molar-refractivity contribution in [3.05, 3.63) is 23.8 Å². The van der Waals surface area contributed by atoms with Gasteiger partial charge in [0.2, 0.25) is 5.91 Å². The first-order valence-corrected chi connectivity index (χ1v) is 15.0. The Labute approximate surface area is 209 Å². The zero-order valence-electron chi connectivity index (χ0n) is 21.4. The Hall–Kier alpha value is -3.34. The molecule has 5 amide bonds. The fourth-order valence-corrected chi connectivity index (χ4v) is 4.45. The molecule has 0 aliphatic carbocycles. The van der Waals surface area contributed by atoms with E-state index in [9.17, 15) is 14.4 Å². The summed E-state index contributed by atoms with van der Waals surface area (Å²) < 4.78 is 0. The van der Waals surface area contributed by atoms with Gasteiger partial charge in [-0.05, 0) is 43.9 Å². The topological polar surface area (TPSA) is 142 Å². The summed E-state index contributed by atoms with van der Waals surface area (Å²) in [5.41, 5.74) is 2.07. The number of carbonyl (C=O) groups is 6. The first-order valence-electron chi connectivity index (χ1n) is 11.3. The molecule has 0 aromatic heterocycles. The highest BCUT2D eigenvalue weighted by Gasteiger charge is 2.23. The highest BCUT2D eigenvalue weighted by Crippen LogP contribution is 2.21. The van der Waals surface area contributed by atoms with Crippen LogP contribution in [0.5, 0.6) is 0 Å². The molecule has 3 N–H and O–H groups in total. The average molecular weight is 509 g/mol. The first-order chi connectivity index (χ1) is 16.7. The van der Waals surface area contributed by atoms with Crippen LogP contribution in [0.3, 0.4) is 0 Å². The van der Waals surface area contributed by atoms with Crippen molar-refractivity contribution < 1.29 is 28.8 Å². The van der Waals surface area contributed by atoms with E-state index in [2.05, 4.69) is 35.6 Å². The van der Waals surface area contributed by atoms with Crippen LogP contribution >= 0.6 is 0 Å². The maximum atomic E-state index is 12.5. The van der Waals surface area contributed by atoms with Crippen LogP contribution < -0.4 is 16.0 Å². The van der Waals surface area contributed by atoms with Gasteiger partial charge in [-0.1, -0.05) is 38.2 Å². The van der Waals surface area contributed by atoms with Gasteiger partial charge in [0, 0.05) is 39.0 Å². The largest absolute Gasteiger partial charge is 0.338 e. The fourth-order valence-electron chi connectivity index (χ4n) is 3.21. The minimum atomic E-state index is -1.10. The van der Waals surface area contributed by atoms with E-state index in [1.165, 1.54) is 10.9 Å². The normalized spacial score (nSPS) is 12.7. The predicted molar refractivity (Wildman–Crippen MR) is 142 cm³/mol. The molecule has 10 nitrogen and oxygen atoms in total. The van der Waals surface area contributed by atoms with Crippen molar-refractivity contribution in [3.8, 4) is 0 Å². The number of nitrogens with zero attached hydrogens (tertiary/aromatic N) is 1. The monoisotopic (exact) mass is 508 g/mol. The number of aryl methyl sites for hydroxylation is 1. The van der Waals surface area contributed by atoms with Gasteiger partial charge in [-0.15, -0.1) is 0 Å². The van der Waals surface area contributed by atoms with Crippen molar-refractivity contribution in [2.24, 2.45) is 0 Å². The van der Waals surface area contributed by atoms with Crippen LogP contribution in [0.1, 0.15) is 37.7 Å². The van der Waals surface area contributed by atoms with Gasteiger partial charge in [-0.25, -0.2) is 9.59 Å². The van der Waals surface area contributed by atoms with Crippen molar-refractivity contribution >= 4 is 57.8 Å². The SMILES string of the molecule is C=O.C=O.C=O.Cc1ccc(NC(=O)N2CCCCCC2=O)cc1NC(=O)NCCC[Si](C)(C)C. The van der Waals surface area contributed by atoms with Gasteiger partial charge >= 0.3 is 12.1 Å². The van der Waals surface area contributed by atoms with Crippen LogP contribution in [-0.4, -0.2) is 64.4 Å². The molecule has 0 unspecified atom stereocenters. The van der Waals surface area contributed by atoms with Crippen molar-refractivity contribution in [1.29, 1.82) is 0 Å². The number of hydrogen-bond donors (Lipinski definition) is 3. The summed E-state index contributed by atoms with van der Waals surface area (Å²) in [6.45, 7) is 15.9. The van der Waals surface area contributed by atoms with Crippen LogP contribution in [0.25, 0.3) is 0 Å². The maximum Gasteiger partial charge on any atom is 0.328 e. The van der Waals surface area contributed by atoms with E-state index in [4.69, 9.17) is 14.4 Å². The molecule has 0 radical (unpaired) electrons. The molecule has 35 heavy (non-hydrogen) atoms. The molecule has 1 heterocycles. The molecule has 11 heteroatoms. The minimum Gasteiger partial charge on any atom is -0.338 e. The van der Waals surface area contributed by atoms with Crippen LogP contribution in [0.15, 0.2) is 18.2 Å². The number of carbonyl (C=O) groups excluding carboxylic acids is 6. The third-order valence-electron chi connectivity index (χ3n) is 4.94. The number of anilines is 2. The molecule has 0 bridgehead atoms. The van der Waals surface area contributed by atoms with Gasteiger partial charge in [0.05, 0.1) is 0 Å². The predicted octanol–water partition coefficient (Wildman–Crippen LogP) is 4.22. The number of likely N-dealkylation sites (tertiary alicyclic amines) is 1. The second kappa shape index (κ2) is 19.0. The Morgan fingerprint density at radius 1 is 0.971 bits per heavy atom.